The van der Waals surface area contributed by atoms with Crippen LogP contribution in [0.2, 0.25) is 0 Å². The van der Waals surface area contributed by atoms with E-state index >= 15 is 0 Å². The van der Waals surface area contributed by atoms with E-state index in [9.17, 15) is 19.7 Å². The lowest BCUT2D eigenvalue weighted by molar-refractivity contribution is -0.384. The van der Waals surface area contributed by atoms with Gasteiger partial charge in [0, 0.05) is 36.7 Å². The number of hydrogen-bond acceptors (Lipinski definition) is 4. The van der Waals surface area contributed by atoms with Crippen molar-refractivity contribution >= 4 is 17.5 Å². The van der Waals surface area contributed by atoms with Crippen LogP contribution in [-0.4, -0.2) is 34.7 Å². The third-order valence-corrected chi connectivity index (χ3v) is 3.70. The zero-order valence-corrected chi connectivity index (χ0v) is 11.7. The molecule has 1 aliphatic rings. The standard InChI is InChI=1S/C14H17N3O4/c1-9-6-11(8-12(7-9)17(20)21)14(19)16-4-2-10(3-5-16)13(15)18/h6-8,10H,2-5H2,1H3,(H2,15,18). The van der Waals surface area contributed by atoms with Crippen LogP contribution in [-0.2, 0) is 4.79 Å². The number of likely N-dealkylation sites (tertiary alicyclic amines) is 1. The molecule has 0 bridgehead atoms. The SMILES string of the molecule is Cc1cc(C(=O)N2CCC(C(N)=O)CC2)cc([N+](=O)[O-])c1. The van der Waals surface area contributed by atoms with Crippen molar-refractivity contribution in [2.75, 3.05) is 13.1 Å². The minimum Gasteiger partial charge on any atom is -0.369 e. The van der Waals surface area contributed by atoms with Gasteiger partial charge in [0.25, 0.3) is 11.6 Å². The van der Waals surface area contributed by atoms with Gasteiger partial charge in [0.1, 0.15) is 0 Å². The molecule has 1 aliphatic heterocycles. The van der Waals surface area contributed by atoms with Crippen molar-refractivity contribution in [2.24, 2.45) is 11.7 Å². The van der Waals surface area contributed by atoms with Crippen LogP contribution in [0.1, 0.15) is 28.8 Å². The first kappa shape index (κ1) is 15.0. The molecule has 112 valence electrons. The molecule has 7 heteroatoms. The number of nitro benzene ring substituents is 1. The maximum Gasteiger partial charge on any atom is 0.270 e. The number of amides is 2. The van der Waals surface area contributed by atoms with Gasteiger partial charge in [0.15, 0.2) is 0 Å². The predicted molar refractivity (Wildman–Crippen MR) is 75.7 cm³/mol. The van der Waals surface area contributed by atoms with Gasteiger partial charge in [-0.15, -0.1) is 0 Å². The monoisotopic (exact) mass is 291 g/mol. The van der Waals surface area contributed by atoms with Gasteiger partial charge in [-0.3, -0.25) is 19.7 Å². The number of non-ortho nitro benzene ring substituents is 1. The summed E-state index contributed by atoms with van der Waals surface area (Å²) in [5.41, 5.74) is 6.13. The fraction of sp³-hybridized carbons (Fsp3) is 0.429. The van der Waals surface area contributed by atoms with E-state index in [-0.39, 0.29) is 23.4 Å². The molecule has 0 saturated carbocycles. The van der Waals surface area contributed by atoms with Gasteiger partial charge >= 0.3 is 0 Å². The average molecular weight is 291 g/mol. The number of hydrogen-bond donors (Lipinski definition) is 1. The van der Waals surface area contributed by atoms with E-state index in [1.165, 1.54) is 12.1 Å². The smallest absolute Gasteiger partial charge is 0.270 e. The minimum absolute atomic E-state index is 0.0922. The number of nitro groups is 1. The molecule has 0 atom stereocenters. The number of nitrogens with zero attached hydrogens (tertiary/aromatic N) is 2. The lowest BCUT2D eigenvalue weighted by Gasteiger charge is -2.30. The summed E-state index contributed by atoms with van der Waals surface area (Å²) in [5.74, 6) is -0.779. The molecular formula is C14H17N3O4. The minimum atomic E-state index is -0.511. The first-order valence-electron chi connectivity index (χ1n) is 6.73. The van der Waals surface area contributed by atoms with Gasteiger partial charge in [-0.05, 0) is 31.4 Å². The molecule has 0 radical (unpaired) electrons. The van der Waals surface area contributed by atoms with Crippen LogP contribution in [0, 0.1) is 23.0 Å². The lowest BCUT2D eigenvalue weighted by atomic mass is 9.95. The molecule has 0 aliphatic carbocycles. The summed E-state index contributed by atoms with van der Waals surface area (Å²) < 4.78 is 0. The van der Waals surface area contributed by atoms with Crippen molar-refractivity contribution in [3.8, 4) is 0 Å². The summed E-state index contributed by atoms with van der Waals surface area (Å²) in [6.07, 6.45) is 1.07. The van der Waals surface area contributed by atoms with Crippen LogP contribution >= 0.6 is 0 Å². The predicted octanol–water partition coefficient (Wildman–Crippen LogP) is 1.24. The highest BCUT2D eigenvalue weighted by Crippen LogP contribution is 2.22. The molecule has 2 rings (SSSR count). The fourth-order valence-corrected chi connectivity index (χ4v) is 2.54. The Morgan fingerprint density at radius 2 is 1.90 bits per heavy atom. The number of carbonyl (C=O) groups is 2. The normalized spacial score (nSPS) is 15.8. The molecule has 2 amide bonds. The van der Waals surface area contributed by atoms with Crippen molar-refractivity contribution in [2.45, 2.75) is 19.8 Å². The van der Waals surface area contributed by atoms with Gasteiger partial charge in [-0.25, -0.2) is 0 Å². The second-order valence-corrected chi connectivity index (χ2v) is 5.28. The molecule has 2 N–H and O–H groups in total. The van der Waals surface area contributed by atoms with Crippen LogP contribution in [0.15, 0.2) is 18.2 Å². The van der Waals surface area contributed by atoms with Crippen molar-refractivity contribution in [3.05, 3.63) is 39.4 Å². The van der Waals surface area contributed by atoms with Gasteiger partial charge < -0.3 is 10.6 Å². The Bertz CT molecular complexity index is 592. The van der Waals surface area contributed by atoms with Gasteiger partial charge in [-0.1, -0.05) is 0 Å². The largest absolute Gasteiger partial charge is 0.369 e. The van der Waals surface area contributed by atoms with Crippen LogP contribution < -0.4 is 5.73 Å². The summed E-state index contributed by atoms with van der Waals surface area (Å²) in [6, 6.07) is 4.35. The van der Waals surface area contributed by atoms with Crippen molar-refractivity contribution in [3.63, 3.8) is 0 Å². The highest BCUT2D eigenvalue weighted by Gasteiger charge is 2.27. The maximum atomic E-state index is 12.4. The summed E-state index contributed by atoms with van der Waals surface area (Å²) in [7, 11) is 0. The average Bonchev–Trinajstić information content (AvgIpc) is 2.45. The number of aryl methyl sites for hydroxylation is 1. The molecule has 21 heavy (non-hydrogen) atoms. The summed E-state index contributed by atoms with van der Waals surface area (Å²) in [5, 5.41) is 10.9. The van der Waals surface area contributed by atoms with Gasteiger partial charge in [0.2, 0.25) is 5.91 Å². The third kappa shape index (κ3) is 3.36. The van der Waals surface area contributed by atoms with E-state index in [0.717, 1.165) is 0 Å². The van der Waals surface area contributed by atoms with Crippen LogP contribution in [0.3, 0.4) is 0 Å². The second kappa shape index (κ2) is 5.90. The Balaban J connectivity index is 2.14. The summed E-state index contributed by atoms with van der Waals surface area (Å²) >= 11 is 0. The van der Waals surface area contributed by atoms with Crippen molar-refractivity contribution < 1.29 is 14.5 Å². The molecule has 0 aromatic heterocycles. The molecule has 1 aromatic rings. The number of benzene rings is 1. The zero-order chi connectivity index (χ0) is 15.6. The molecule has 1 heterocycles. The first-order chi connectivity index (χ1) is 9.88. The summed E-state index contributed by atoms with van der Waals surface area (Å²) in [6.45, 7) is 2.59. The van der Waals surface area contributed by atoms with Crippen molar-refractivity contribution in [1.82, 2.24) is 4.90 Å². The lowest BCUT2D eigenvalue weighted by Crippen LogP contribution is -2.41. The topological polar surface area (TPSA) is 107 Å². The summed E-state index contributed by atoms with van der Waals surface area (Å²) in [4.78, 5) is 35.4. The molecule has 1 aromatic carbocycles. The highest BCUT2D eigenvalue weighted by atomic mass is 16.6. The number of nitrogens with two attached hydrogens (primary N) is 1. The number of piperidine rings is 1. The fourth-order valence-electron chi connectivity index (χ4n) is 2.54. The number of rotatable bonds is 3. The van der Waals surface area contributed by atoms with E-state index in [1.807, 2.05) is 0 Å². The van der Waals surface area contributed by atoms with Crippen molar-refractivity contribution in [1.29, 1.82) is 0 Å². The molecule has 1 fully saturated rings. The Morgan fingerprint density at radius 1 is 1.29 bits per heavy atom. The van der Waals surface area contributed by atoms with Crippen LogP contribution in [0.4, 0.5) is 5.69 Å². The van der Waals surface area contributed by atoms with Gasteiger partial charge in [0.05, 0.1) is 4.92 Å². The van der Waals surface area contributed by atoms with E-state index in [4.69, 9.17) is 5.73 Å². The Hall–Kier alpha value is -2.44. The van der Waals surface area contributed by atoms with Crippen LogP contribution in [0.25, 0.3) is 0 Å². The molecule has 0 spiro atoms. The Morgan fingerprint density at radius 3 is 2.43 bits per heavy atom. The zero-order valence-electron chi connectivity index (χ0n) is 11.7. The number of carbonyl (C=O) groups excluding carboxylic acids is 2. The van der Waals surface area contributed by atoms with E-state index in [0.29, 0.717) is 37.1 Å². The Labute approximate surface area is 121 Å². The number of primary amides is 1. The molecule has 7 nitrogen and oxygen atoms in total. The van der Waals surface area contributed by atoms with Crippen LogP contribution in [0.5, 0.6) is 0 Å². The molecular weight excluding hydrogens is 274 g/mol. The van der Waals surface area contributed by atoms with E-state index in [2.05, 4.69) is 0 Å². The Kier molecular flexibility index (Phi) is 4.21. The molecule has 1 saturated heterocycles. The highest BCUT2D eigenvalue weighted by molar-refractivity contribution is 5.95. The first-order valence-corrected chi connectivity index (χ1v) is 6.73. The third-order valence-electron chi connectivity index (χ3n) is 3.70. The molecule has 0 unspecified atom stereocenters. The van der Waals surface area contributed by atoms with E-state index < -0.39 is 4.92 Å². The quantitative estimate of drug-likeness (QED) is 0.667. The maximum absolute atomic E-state index is 12.4. The van der Waals surface area contributed by atoms with E-state index in [1.54, 1.807) is 17.9 Å². The van der Waals surface area contributed by atoms with Gasteiger partial charge in [-0.2, -0.15) is 0 Å². The second-order valence-electron chi connectivity index (χ2n) is 5.28.